The number of hydrogen-bond acceptors (Lipinski definition) is 3. The van der Waals surface area contributed by atoms with Crippen LogP contribution in [0.3, 0.4) is 0 Å². The number of carbonyl (C=O) groups is 1. The number of Topliss-reactive ketones (excluding diaryl/α,β-unsaturated/α-hetero) is 1. The molecule has 1 atom stereocenters. The number of carbonyl (C=O) groups excluding carboxylic acids is 1. The van der Waals surface area contributed by atoms with Crippen LogP contribution in [-0.4, -0.2) is 20.8 Å². The average Bonchev–Trinajstić information content (AvgIpc) is 3.23. The third-order valence-corrected chi connectivity index (χ3v) is 4.78. The van der Waals surface area contributed by atoms with Gasteiger partial charge in [0.1, 0.15) is 11.7 Å². The van der Waals surface area contributed by atoms with Crippen molar-refractivity contribution in [2.24, 2.45) is 0 Å². The van der Waals surface area contributed by atoms with Gasteiger partial charge >= 0.3 is 0 Å². The second-order valence-electron chi connectivity index (χ2n) is 6.50. The predicted octanol–water partition coefficient (Wildman–Crippen LogP) is 5.27. The fourth-order valence-electron chi connectivity index (χ4n) is 3.12. The predicted molar refractivity (Wildman–Crippen MR) is 110 cm³/mol. The van der Waals surface area contributed by atoms with Crippen LogP contribution in [0.5, 0.6) is 0 Å². The molecule has 0 saturated carbocycles. The standard InChI is InChI=1S/C23H18ClN3O/c24-20-13-7-12-19(15-20)21-16-25-27(26-21)22(14-17-8-3-1-4-9-17)23(28)18-10-5-2-6-11-18/h1-13,15-16,22H,14H2. The fraction of sp³-hybridized carbons (Fsp3) is 0.0870. The third-order valence-electron chi connectivity index (χ3n) is 4.54. The molecule has 5 heteroatoms. The van der Waals surface area contributed by atoms with Gasteiger partial charge in [0.15, 0.2) is 5.78 Å². The summed E-state index contributed by atoms with van der Waals surface area (Å²) in [7, 11) is 0. The minimum Gasteiger partial charge on any atom is -0.292 e. The number of ketones is 1. The lowest BCUT2D eigenvalue weighted by Gasteiger charge is -2.15. The molecule has 0 aliphatic carbocycles. The molecule has 4 nitrogen and oxygen atoms in total. The molecular formula is C23H18ClN3O. The molecule has 0 N–H and O–H groups in total. The molecule has 1 heterocycles. The van der Waals surface area contributed by atoms with E-state index in [2.05, 4.69) is 10.2 Å². The normalized spacial score (nSPS) is 11.9. The molecule has 0 aliphatic heterocycles. The number of hydrogen-bond donors (Lipinski definition) is 0. The van der Waals surface area contributed by atoms with Gasteiger partial charge in [0.2, 0.25) is 0 Å². The van der Waals surface area contributed by atoms with Gasteiger partial charge in [-0.15, -0.1) is 0 Å². The van der Waals surface area contributed by atoms with E-state index in [0.717, 1.165) is 11.1 Å². The number of benzene rings is 3. The Hall–Kier alpha value is -3.24. The minimum absolute atomic E-state index is 0.0160. The van der Waals surface area contributed by atoms with E-state index in [4.69, 9.17) is 11.6 Å². The fourth-order valence-corrected chi connectivity index (χ4v) is 3.31. The molecule has 3 aromatic carbocycles. The van der Waals surface area contributed by atoms with Gasteiger partial charge in [0, 0.05) is 22.6 Å². The molecule has 0 fully saturated rings. The van der Waals surface area contributed by atoms with Crippen LogP contribution in [0, 0.1) is 0 Å². The molecule has 1 unspecified atom stereocenters. The van der Waals surface area contributed by atoms with Gasteiger partial charge in [-0.25, -0.2) is 0 Å². The summed E-state index contributed by atoms with van der Waals surface area (Å²) in [5.74, 6) is -0.0160. The van der Waals surface area contributed by atoms with Crippen molar-refractivity contribution in [3.63, 3.8) is 0 Å². The summed E-state index contributed by atoms with van der Waals surface area (Å²) in [6.07, 6.45) is 2.18. The minimum atomic E-state index is -0.530. The Labute approximate surface area is 168 Å². The zero-order chi connectivity index (χ0) is 19.3. The van der Waals surface area contributed by atoms with Crippen molar-refractivity contribution in [2.45, 2.75) is 12.5 Å². The summed E-state index contributed by atoms with van der Waals surface area (Å²) in [5, 5.41) is 9.63. The summed E-state index contributed by atoms with van der Waals surface area (Å²) >= 11 is 6.09. The average molecular weight is 388 g/mol. The zero-order valence-corrected chi connectivity index (χ0v) is 15.8. The smallest absolute Gasteiger partial charge is 0.189 e. The van der Waals surface area contributed by atoms with E-state index in [0.29, 0.717) is 22.7 Å². The Morgan fingerprint density at radius 1 is 0.929 bits per heavy atom. The van der Waals surface area contributed by atoms with Crippen LogP contribution in [0.1, 0.15) is 22.0 Å². The number of halogens is 1. The molecule has 138 valence electrons. The van der Waals surface area contributed by atoms with E-state index in [1.807, 2.05) is 84.9 Å². The van der Waals surface area contributed by atoms with E-state index in [1.165, 1.54) is 4.80 Å². The van der Waals surface area contributed by atoms with Crippen molar-refractivity contribution in [2.75, 3.05) is 0 Å². The lowest BCUT2D eigenvalue weighted by atomic mass is 9.98. The van der Waals surface area contributed by atoms with Crippen molar-refractivity contribution in [1.29, 1.82) is 0 Å². The Bertz CT molecular complexity index is 1080. The number of aromatic nitrogens is 3. The molecular weight excluding hydrogens is 370 g/mol. The number of rotatable bonds is 6. The van der Waals surface area contributed by atoms with Gasteiger partial charge in [0.25, 0.3) is 0 Å². The summed E-state index contributed by atoms with van der Waals surface area (Å²) in [6, 6.07) is 26.1. The Morgan fingerprint density at radius 3 is 2.36 bits per heavy atom. The Morgan fingerprint density at radius 2 is 1.64 bits per heavy atom. The maximum atomic E-state index is 13.2. The van der Waals surface area contributed by atoms with Crippen LogP contribution in [0.15, 0.2) is 91.1 Å². The van der Waals surface area contributed by atoms with Crippen LogP contribution in [-0.2, 0) is 6.42 Å². The summed E-state index contributed by atoms with van der Waals surface area (Å²) in [6.45, 7) is 0. The highest BCUT2D eigenvalue weighted by Crippen LogP contribution is 2.23. The van der Waals surface area contributed by atoms with Crippen molar-refractivity contribution in [3.8, 4) is 11.3 Å². The first kappa shape index (κ1) is 18.1. The third kappa shape index (κ3) is 4.02. The van der Waals surface area contributed by atoms with E-state index in [1.54, 1.807) is 6.20 Å². The highest BCUT2D eigenvalue weighted by molar-refractivity contribution is 6.30. The van der Waals surface area contributed by atoms with Gasteiger partial charge in [-0.3, -0.25) is 4.79 Å². The largest absolute Gasteiger partial charge is 0.292 e. The van der Waals surface area contributed by atoms with Gasteiger partial charge in [-0.2, -0.15) is 15.0 Å². The van der Waals surface area contributed by atoms with E-state index >= 15 is 0 Å². The molecule has 0 radical (unpaired) electrons. The molecule has 4 rings (SSSR count). The van der Waals surface area contributed by atoms with Crippen molar-refractivity contribution in [1.82, 2.24) is 15.0 Å². The second-order valence-corrected chi connectivity index (χ2v) is 6.93. The molecule has 4 aromatic rings. The zero-order valence-electron chi connectivity index (χ0n) is 15.1. The molecule has 28 heavy (non-hydrogen) atoms. The summed E-state index contributed by atoms with van der Waals surface area (Å²) in [4.78, 5) is 14.7. The van der Waals surface area contributed by atoms with Crippen LogP contribution in [0.25, 0.3) is 11.3 Å². The quantitative estimate of drug-likeness (QED) is 0.424. The number of nitrogens with zero attached hydrogens (tertiary/aromatic N) is 3. The lowest BCUT2D eigenvalue weighted by Crippen LogP contribution is -2.24. The first-order valence-corrected chi connectivity index (χ1v) is 9.39. The molecule has 0 spiro atoms. The molecule has 0 amide bonds. The topological polar surface area (TPSA) is 47.8 Å². The molecule has 1 aromatic heterocycles. The maximum Gasteiger partial charge on any atom is 0.189 e. The van der Waals surface area contributed by atoms with Gasteiger partial charge in [-0.1, -0.05) is 84.4 Å². The van der Waals surface area contributed by atoms with Crippen LogP contribution < -0.4 is 0 Å². The lowest BCUT2D eigenvalue weighted by molar-refractivity contribution is 0.0907. The van der Waals surface area contributed by atoms with E-state index < -0.39 is 6.04 Å². The Kier molecular flexibility index (Phi) is 5.31. The summed E-state index contributed by atoms with van der Waals surface area (Å²) < 4.78 is 0. The van der Waals surface area contributed by atoms with Crippen molar-refractivity contribution in [3.05, 3.63) is 107 Å². The Balaban J connectivity index is 1.70. The maximum absolute atomic E-state index is 13.2. The molecule has 0 saturated heterocycles. The summed E-state index contributed by atoms with van der Waals surface area (Å²) in [5.41, 5.74) is 3.24. The van der Waals surface area contributed by atoms with E-state index in [9.17, 15) is 4.79 Å². The van der Waals surface area contributed by atoms with Gasteiger partial charge < -0.3 is 0 Å². The van der Waals surface area contributed by atoms with Crippen LogP contribution in [0.2, 0.25) is 5.02 Å². The van der Waals surface area contributed by atoms with Crippen molar-refractivity contribution >= 4 is 17.4 Å². The highest BCUT2D eigenvalue weighted by Gasteiger charge is 2.24. The van der Waals surface area contributed by atoms with E-state index in [-0.39, 0.29) is 5.78 Å². The monoisotopic (exact) mass is 387 g/mol. The van der Waals surface area contributed by atoms with Crippen LogP contribution in [0.4, 0.5) is 0 Å². The molecule has 0 bridgehead atoms. The highest BCUT2D eigenvalue weighted by atomic mass is 35.5. The van der Waals surface area contributed by atoms with Gasteiger partial charge in [-0.05, 0) is 17.7 Å². The second kappa shape index (κ2) is 8.19. The van der Waals surface area contributed by atoms with Crippen molar-refractivity contribution < 1.29 is 4.79 Å². The first-order chi connectivity index (χ1) is 13.7. The van der Waals surface area contributed by atoms with Crippen LogP contribution >= 0.6 is 11.6 Å². The first-order valence-electron chi connectivity index (χ1n) is 9.01. The molecule has 0 aliphatic rings. The SMILES string of the molecule is O=C(c1ccccc1)C(Cc1ccccc1)n1ncc(-c2cccc(Cl)c2)n1. The van der Waals surface area contributed by atoms with Gasteiger partial charge in [0.05, 0.1) is 6.20 Å².